The Morgan fingerprint density at radius 2 is 1.96 bits per heavy atom. The highest BCUT2D eigenvalue weighted by molar-refractivity contribution is 7.88. The Morgan fingerprint density at radius 1 is 1.15 bits per heavy atom. The number of piperidine rings is 2. The van der Waals surface area contributed by atoms with Crippen molar-refractivity contribution in [2.24, 2.45) is 5.92 Å². The standard InChI is InChI=1S/C19H28N2O4S/c1-24-18-7-6-14-15(19(18)25-2)8-10-20-12-13-5-4-9-21(26(3,22)23)16(13)11-17(14)20/h6-7,13,16-17H,4-5,8-12H2,1-3H3/t13-,16+,17+/m1/s1. The van der Waals surface area contributed by atoms with Gasteiger partial charge in [0.2, 0.25) is 10.0 Å². The Kier molecular flexibility index (Phi) is 4.65. The van der Waals surface area contributed by atoms with Gasteiger partial charge < -0.3 is 9.47 Å². The fourth-order valence-corrected chi connectivity index (χ4v) is 6.46. The molecule has 0 bridgehead atoms. The summed E-state index contributed by atoms with van der Waals surface area (Å²) >= 11 is 0. The molecule has 0 spiro atoms. The lowest BCUT2D eigenvalue weighted by molar-refractivity contribution is 0.0219. The summed E-state index contributed by atoms with van der Waals surface area (Å²) in [6.45, 7) is 2.63. The lowest BCUT2D eigenvalue weighted by atomic mass is 9.77. The van der Waals surface area contributed by atoms with Crippen LogP contribution in [0.15, 0.2) is 12.1 Å². The molecule has 2 saturated heterocycles. The minimum absolute atomic E-state index is 0.110. The second-order valence-corrected chi connectivity index (χ2v) is 9.64. The van der Waals surface area contributed by atoms with E-state index in [9.17, 15) is 8.42 Å². The van der Waals surface area contributed by atoms with Crippen molar-refractivity contribution in [2.75, 3.05) is 40.1 Å². The van der Waals surface area contributed by atoms with Crippen molar-refractivity contribution < 1.29 is 17.9 Å². The Morgan fingerprint density at radius 3 is 2.65 bits per heavy atom. The minimum atomic E-state index is -3.16. The number of benzene rings is 1. The van der Waals surface area contributed by atoms with Crippen LogP contribution in [0, 0.1) is 5.92 Å². The molecule has 6 nitrogen and oxygen atoms in total. The van der Waals surface area contributed by atoms with Gasteiger partial charge in [-0.3, -0.25) is 4.90 Å². The molecular formula is C19H28N2O4S. The average molecular weight is 381 g/mol. The zero-order valence-corrected chi connectivity index (χ0v) is 16.6. The molecule has 2 fully saturated rings. The molecule has 144 valence electrons. The van der Waals surface area contributed by atoms with E-state index in [-0.39, 0.29) is 12.1 Å². The lowest BCUT2D eigenvalue weighted by Crippen LogP contribution is -2.57. The monoisotopic (exact) mass is 380 g/mol. The topological polar surface area (TPSA) is 59.1 Å². The average Bonchev–Trinajstić information content (AvgIpc) is 2.63. The molecule has 26 heavy (non-hydrogen) atoms. The molecule has 3 atom stereocenters. The first-order chi connectivity index (χ1) is 12.4. The number of hydrogen-bond donors (Lipinski definition) is 0. The molecule has 1 aromatic rings. The van der Waals surface area contributed by atoms with Crippen molar-refractivity contribution in [3.05, 3.63) is 23.3 Å². The molecule has 0 unspecified atom stereocenters. The molecule has 7 heteroatoms. The Balaban J connectivity index is 1.70. The third-order valence-electron chi connectivity index (χ3n) is 6.36. The van der Waals surface area contributed by atoms with Crippen molar-refractivity contribution >= 4 is 10.0 Å². The molecule has 0 saturated carbocycles. The smallest absolute Gasteiger partial charge is 0.211 e. The largest absolute Gasteiger partial charge is 0.493 e. The molecule has 4 rings (SSSR count). The zero-order chi connectivity index (χ0) is 18.5. The Hall–Kier alpha value is -1.31. The quantitative estimate of drug-likeness (QED) is 0.803. The second kappa shape index (κ2) is 6.69. The fourth-order valence-electron chi connectivity index (χ4n) is 5.25. The van der Waals surface area contributed by atoms with E-state index in [1.165, 1.54) is 17.4 Å². The van der Waals surface area contributed by atoms with Gasteiger partial charge in [0, 0.05) is 37.3 Å². The van der Waals surface area contributed by atoms with Gasteiger partial charge in [-0.2, -0.15) is 4.31 Å². The minimum Gasteiger partial charge on any atom is -0.493 e. The summed E-state index contributed by atoms with van der Waals surface area (Å²) in [7, 11) is 0.187. The number of hydrogen-bond acceptors (Lipinski definition) is 5. The predicted octanol–water partition coefficient (Wildman–Crippen LogP) is 2.05. The molecule has 0 aliphatic carbocycles. The van der Waals surface area contributed by atoms with Crippen LogP contribution in [-0.4, -0.2) is 63.8 Å². The van der Waals surface area contributed by atoms with E-state index in [0.717, 1.165) is 50.3 Å². The molecule has 0 amide bonds. The van der Waals surface area contributed by atoms with Crippen LogP contribution in [0.3, 0.4) is 0 Å². The van der Waals surface area contributed by atoms with E-state index in [4.69, 9.17) is 9.47 Å². The van der Waals surface area contributed by atoms with Crippen molar-refractivity contribution in [1.82, 2.24) is 9.21 Å². The van der Waals surface area contributed by atoms with Crippen LogP contribution in [-0.2, 0) is 16.4 Å². The number of sulfonamides is 1. The van der Waals surface area contributed by atoms with Crippen molar-refractivity contribution in [2.45, 2.75) is 37.8 Å². The maximum atomic E-state index is 12.3. The van der Waals surface area contributed by atoms with Gasteiger partial charge in [-0.25, -0.2) is 8.42 Å². The summed E-state index contributed by atoms with van der Waals surface area (Å²) < 4.78 is 37.5. The first-order valence-corrected chi connectivity index (χ1v) is 11.2. The molecular weight excluding hydrogens is 352 g/mol. The van der Waals surface area contributed by atoms with Gasteiger partial charge in [-0.1, -0.05) is 6.07 Å². The van der Waals surface area contributed by atoms with Gasteiger partial charge in [0.05, 0.1) is 20.5 Å². The summed E-state index contributed by atoms with van der Waals surface area (Å²) in [6.07, 6.45) is 5.25. The van der Waals surface area contributed by atoms with Crippen LogP contribution in [0.1, 0.15) is 36.4 Å². The maximum Gasteiger partial charge on any atom is 0.211 e. The summed E-state index contributed by atoms with van der Waals surface area (Å²) in [5, 5.41) is 0. The number of ether oxygens (including phenoxy) is 2. The summed E-state index contributed by atoms with van der Waals surface area (Å²) in [4.78, 5) is 2.54. The van der Waals surface area contributed by atoms with Gasteiger partial charge in [0.1, 0.15) is 0 Å². The highest BCUT2D eigenvalue weighted by Gasteiger charge is 2.45. The van der Waals surface area contributed by atoms with Crippen molar-refractivity contribution in [3.8, 4) is 11.5 Å². The number of rotatable bonds is 3. The van der Waals surface area contributed by atoms with Crippen LogP contribution < -0.4 is 9.47 Å². The third-order valence-corrected chi connectivity index (χ3v) is 7.67. The summed E-state index contributed by atoms with van der Waals surface area (Å²) in [5.41, 5.74) is 2.49. The number of nitrogens with zero attached hydrogens (tertiary/aromatic N) is 2. The predicted molar refractivity (Wildman–Crippen MR) is 100 cm³/mol. The third kappa shape index (κ3) is 2.90. The molecule has 3 heterocycles. The van der Waals surface area contributed by atoms with Gasteiger partial charge >= 0.3 is 0 Å². The maximum absolute atomic E-state index is 12.3. The van der Waals surface area contributed by atoms with E-state index in [1.807, 2.05) is 6.07 Å². The van der Waals surface area contributed by atoms with Gasteiger partial charge in [0.25, 0.3) is 0 Å². The van der Waals surface area contributed by atoms with Gasteiger partial charge in [0.15, 0.2) is 11.5 Å². The molecule has 0 radical (unpaired) electrons. The zero-order valence-electron chi connectivity index (χ0n) is 15.8. The SMILES string of the molecule is COc1ccc2c(c1OC)CCN1C[C@H]3CCCN(S(C)(=O)=O)[C@H]3C[C@@H]21. The molecule has 0 aromatic heterocycles. The highest BCUT2D eigenvalue weighted by atomic mass is 32.2. The van der Waals surface area contributed by atoms with E-state index in [2.05, 4.69) is 11.0 Å². The summed E-state index contributed by atoms with van der Waals surface area (Å²) in [6, 6.07) is 4.48. The van der Waals surface area contributed by atoms with Crippen LogP contribution in [0.2, 0.25) is 0 Å². The van der Waals surface area contributed by atoms with Gasteiger partial charge in [-0.15, -0.1) is 0 Å². The fraction of sp³-hybridized carbons (Fsp3) is 0.684. The second-order valence-electron chi connectivity index (χ2n) is 7.71. The Bertz CT molecular complexity index is 795. The van der Waals surface area contributed by atoms with E-state index < -0.39 is 10.0 Å². The lowest BCUT2D eigenvalue weighted by Gasteiger charge is -2.51. The summed E-state index contributed by atoms with van der Waals surface area (Å²) in [5.74, 6) is 2.04. The molecule has 1 aromatic carbocycles. The van der Waals surface area contributed by atoms with Crippen LogP contribution in [0.25, 0.3) is 0 Å². The van der Waals surface area contributed by atoms with Crippen LogP contribution in [0.4, 0.5) is 0 Å². The van der Waals surface area contributed by atoms with E-state index in [0.29, 0.717) is 12.5 Å². The first kappa shape index (κ1) is 18.1. The normalized spacial score (nSPS) is 29.4. The van der Waals surface area contributed by atoms with Crippen LogP contribution >= 0.6 is 0 Å². The Labute approximate surface area is 156 Å². The first-order valence-electron chi connectivity index (χ1n) is 9.38. The number of methoxy groups -OCH3 is 2. The van der Waals surface area contributed by atoms with Crippen molar-refractivity contribution in [3.63, 3.8) is 0 Å². The number of fused-ring (bicyclic) bond motifs is 4. The van der Waals surface area contributed by atoms with Crippen LogP contribution in [0.5, 0.6) is 11.5 Å². The van der Waals surface area contributed by atoms with Gasteiger partial charge in [-0.05, 0) is 43.2 Å². The van der Waals surface area contributed by atoms with Crippen molar-refractivity contribution in [1.29, 1.82) is 0 Å². The molecule has 3 aliphatic heterocycles. The highest BCUT2D eigenvalue weighted by Crippen LogP contribution is 2.47. The molecule has 0 N–H and O–H groups in total. The van der Waals surface area contributed by atoms with E-state index in [1.54, 1.807) is 18.5 Å². The molecule has 3 aliphatic rings. The van der Waals surface area contributed by atoms with E-state index >= 15 is 0 Å².